The van der Waals surface area contributed by atoms with E-state index in [-0.39, 0.29) is 17.5 Å². The first-order valence-electron chi connectivity index (χ1n) is 8.60. The molecule has 2 aromatic carbocycles. The molecule has 2 N–H and O–H groups in total. The SMILES string of the molecule is COc1cc(C(C)NCCCc2ccc(OCC(=O)O)c(F)c2)ccc1F. The largest absolute Gasteiger partial charge is 0.494 e. The molecule has 2 rings (SSSR count). The molecule has 0 spiro atoms. The fraction of sp³-hybridized carbons (Fsp3) is 0.350. The Morgan fingerprint density at radius 1 is 1.15 bits per heavy atom. The van der Waals surface area contributed by atoms with Crippen molar-refractivity contribution in [2.24, 2.45) is 0 Å². The molecule has 0 saturated heterocycles. The zero-order valence-corrected chi connectivity index (χ0v) is 15.3. The van der Waals surface area contributed by atoms with Crippen molar-refractivity contribution in [1.29, 1.82) is 0 Å². The van der Waals surface area contributed by atoms with Gasteiger partial charge in [-0.3, -0.25) is 0 Å². The predicted octanol–water partition coefficient (Wildman–Crippen LogP) is 3.72. The number of benzene rings is 2. The van der Waals surface area contributed by atoms with Crippen molar-refractivity contribution >= 4 is 5.97 Å². The lowest BCUT2D eigenvalue weighted by Crippen LogP contribution is -2.20. The van der Waals surface area contributed by atoms with E-state index in [1.807, 2.05) is 6.92 Å². The summed E-state index contributed by atoms with van der Waals surface area (Å²) in [6.45, 7) is 2.09. The van der Waals surface area contributed by atoms with Gasteiger partial charge in [-0.1, -0.05) is 12.1 Å². The molecular formula is C20H23F2NO4. The maximum atomic E-state index is 13.9. The number of halogens is 2. The number of carboxylic acid groups (broad SMARTS) is 1. The number of aryl methyl sites for hydroxylation is 1. The highest BCUT2D eigenvalue weighted by Crippen LogP contribution is 2.23. The van der Waals surface area contributed by atoms with Crippen molar-refractivity contribution in [2.75, 3.05) is 20.3 Å². The van der Waals surface area contributed by atoms with Gasteiger partial charge in [0.15, 0.2) is 29.7 Å². The average molecular weight is 379 g/mol. The third-order valence-corrected chi connectivity index (χ3v) is 4.12. The molecule has 5 nitrogen and oxygen atoms in total. The van der Waals surface area contributed by atoms with Gasteiger partial charge in [-0.05, 0) is 61.7 Å². The molecule has 0 heterocycles. The number of rotatable bonds is 10. The van der Waals surface area contributed by atoms with Crippen LogP contribution in [-0.4, -0.2) is 31.3 Å². The van der Waals surface area contributed by atoms with Crippen LogP contribution in [0.15, 0.2) is 36.4 Å². The molecule has 0 saturated carbocycles. The molecule has 0 bridgehead atoms. The molecule has 0 fully saturated rings. The Morgan fingerprint density at radius 3 is 2.59 bits per heavy atom. The van der Waals surface area contributed by atoms with E-state index in [0.29, 0.717) is 13.0 Å². The number of hydrogen-bond acceptors (Lipinski definition) is 4. The van der Waals surface area contributed by atoms with E-state index in [1.165, 1.54) is 25.3 Å². The van der Waals surface area contributed by atoms with E-state index < -0.39 is 24.2 Å². The first-order valence-corrected chi connectivity index (χ1v) is 8.60. The predicted molar refractivity (Wildman–Crippen MR) is 97.2 cm³/mol. The van der Waals surface area contributed by atoms with Gasteiger partial charge in [0.2, 0.25) is 0 Å². The standard InChI is InChI=1S/C20H23F2NO4/c1-13(15-6-7-16(21)19(11-15)26-2)23-9-3-4-14-5-8-18(17(22)10-14)27-12-20(24)25/h5-8,10-11,13,23H,3-4,9,12H2,1-2H3,(H,24,25). The van der Waals surface area contributed by atoms with Gasteiger partial charge in [0.25, 0.3) is 0 Å². The van der Waals surface area contributed by atoms with Crippen LogP contribution in [-0.2, 0) is 11.2 Å². The zero-order chi connectivity index (χ0) is 19.8. The van der Waals surface area contributed by atoms with E-state index in [2.05, 4.69) is 5.32 Å². The van der Waals surface area contributed by atoms with Crippen LogP contribution < -0.4 is 14.8 Å². The molecule has 27 heavy (non-hydrogen) atoms. The second kappa shape index (κ2) is 9.87. The van der Waals surface area contributed by atoms with Crippen LogP contribution in [0.4, 0.5) is 8.78 Å². The molecule has 1 unspecified atom stereocenters. The number of nitrogens with one attached hydrogen (secondary N) is 1. The quantitative estimate of drug-likeness (QED) is 0.616. The molecule has 1 atom stereocenters. The number of hydrogen-bond donors (Lipinski definition) is 2. The molecule has 0 amide bonds. The molecule has 2 aromatic rings. The Bertz CT molecular complexity index is 783. The lowest BCUT2D eigenvalue weighted by Gasteiger charge is -2.15. The molecule has 0 radical (unpaired) electrons. The highest BCUT2D eigenvalue weighted by molar-refractivity contribution is 5.68. The number of methoxy groups -OCH3 is 1. The monoisotopic (exact) mass is 379 g/mol. The van der Waals surface area contributed by atoms with Crippen LogP contribution in [0.3, 0.4) is 0 Å². The summed E-state index contributed by atoms with van der Waals surface area (Å²) in [5.74, 6) is -1.99. The van der Waals surface area contributed by atoms with Crippen molar-refractivity contribution in [3.05, 3.63) is 59.2 Å². The van der Waals surface area contributed by atoms with Gasteiger partial charge in [0.1, 0.15) is 0 Å². The van der Waals surface area contributed by atoms with E-state index in [0.717, 1.165) is 17.5 Å². The maximum absolute atomic E-state index is 13.9. The fourth-order valence-electron chi connectivity index (χ4n) is 2.63. The summed E-state index contributed by atoms with van der Waals surface area (Å²) in [4.78, 5) is 10.5. The molecule has 0 aliphatic carbocycles. The minimum absolute atomic E-state index is 0.0167. The summed E-state index contributed by atoms with van der Waals surface area (Å²) in [5, 5.41) is 11.9. The van der Waals surface area contributed by atoms with Gasteiger partial charge in [-0.15, -0.1) is 0 Å². The molecule has 0 aliphatic heterocycles. The normalized spacial score (nSPS) is 11.9. The number of carbonyl (C=O) groups is 1. The highest BCUT2D eigenvalue weighted by Gasteiger charge is 2.10. The van der Waals surface area contributed by atoms with Crippen molar-refractivity contribution in [3.8, 4) is 11.5 Å². The Hall–Kier alpha value is -2.67. The van der Waals surface area contributed by atoms with Crippen molar-refractivity contribution in [3.63, 3.8) is 0 Å². The van der Waals surface area contributed by atoms with Crippen LogP contribution in [0.1, 0.15) is 30.5 Å². The Labute approximate surface area is 156 Å². The van der Waals surface area contributed by atoms with E-state index in [4.69, 9.17) is 14.6 Å². The van der Waals surface area contributed by atoms with E-state index in [9.17, 15) is 13.6 Å². The van der Waals surface area contributed by atoms with Gasteiger partial charge >= 0.3 is 5.97 Å². The molecule has 7 heteroatoms. The van der Waals surface area contributed by atoms with Gasteiger partial charge in [0, 0.05) is 6.04 Å². The zero-order valence-electron chi connectivity index (χ0n) is 15.3. The van der Waals surface area contributed by atoms with Gasteiger partial charge in [-0.25, -0.2) is 13.6 Å². The Kier molecular flexibility index (Phi) is 7.55. The Morgan fingerprint density at radius 2 is 1.93 bits per heavy atom. The second-order valence-electron chi connectivity index (χ2n) is 6.12. The second-order valence-corrected chi connectivity index (χ2v) is 6.12. The average Bonchev–Trinajstić information content (AvgIpc) is 2.64. The van der Waals surface area contributed by atoms with Crippen molar-refractivity contribution in [1.82, 2.24) is 5.32 Å². The molecule has 146 valence electrons. The topological polar surface area (TPSA) is 67.8 Å². The summed E-state index contributed by atoms with van der Waals surface area (Å²) in [7, 11) is 1.43. The number of ether oxygens (including phenoxy) is 2. The summed E-state index contributed by atoms with van der Waals surface area (Å²) in [5.41, 5.74) is 1.72. The molecular weight excluding hydrogens is 356 g/mol. The Balaban J connectivity index is 1.81. The van der Waals surface area contributed by atoms with Crippen molar-refractivity contribution < 1.29 is 28.2 Å². The third-order valence-electron chi connectivity index (χ3n) is 4.12. The summed E-state index contributed by atoms with van der Waals surface area (Å²) < 4.78 is 37.2. The number of aliphatic carboxylic acids is 1. The number of carboxylic acids is 1. The first kappa shape index (κ1) is 20.6. The van der Waals surface area contributed by atoms with Gasteiger partial charge in [0.05, 0.1) is 7.11 Å². The summed E-state index contributed by atoms with van der Waals surface area (Å²) in [6.07, 6.45) is 1.43. The summed E-state index contributed by atoms with van der Waals surface area (Å²) in [6, 6.07) is 9.28. The molecule has 0 aromatic heterocycles. The van der Waals surface area contributed by atoms with Crippen LogP contribution in [0, 0.1) is 11.6 Å². The minimum Gasteiger partial charge on any atom is -0.494 e. The fourth-order valence-corrected chi connectivity index (χ4v) is 2.63. The lowest BCUT2D eigenvalue weighted by molar-refractivity contribution is -0.139. The van der Waals surface area contributed by atoms with Crippen LogP contribution >= 0.6 is 0 Å². The smallest absolute Gasteiger partial charge is 0.341 e. The first-order chi connectivity index (χ1) is 12.9. The molecule has 0 aliphatic rings. The lowest BCUT2D eigenvalue weighted by atomic mass is 10.1. The van der Waals surface area contributed by atoms with Gasteiger partial charge < -0.3 is 19.9 Å². The van der Waals surface area contributed by atoms with Crippen LogP contribution in [0.25, 0.3) is 0 Å². The highest BCUT2D eigenvalue weighted by atomic mass is 19.1. The van der Waals surface area contributed by atoms with Gasteiger partial charge in [-0.2, -0.15) is 0 Å². The van der Waals surface area contributed by atoms with Crippen LogP contribution in [0.5, 0.6) is 11.5 Å². The van der Waals surface area contributed by atoms with Crippen LogP contribution in [0.2, 0.25) is 0 Å². The third kappa shape index (κ3) is 6.21. The van der Waals surface area contributed by atoms with Crippen molar-refractivity contribution in [2.45, 2.75) is 25.8 Å². The van der Waals surface area contributed by atoms with E-state index >= 15 is 0 Å². The van der Waals surface area contributed by atoms with E-state index in [1.54, 1.807) is 18.2 Å². The minimum atomic E-state index is -1.16. The maximum Gasteiger partial charge on any atom is 0.341 e. The summed E-state index contributed by atoms with van der Waals surface area (Å²) >= 11 is 0.